The second-order valence-corrected chi connectivity index (χ2v) is 11.3. The van der Waals surface area contributed by atoms with Crippen molar-refractivity contribution in [3.8, 4) is 11.5 Å². The number of benzene rings is 1. The monoisotopic (exact) mass is 623 g/mol. The number of fused-ring (bicyclic) bond motifs is 3. The third-order valence-electron chi connectivity index (χ3n) is 7.82. The van der Waals surface area contributed by atoms with E-state index in [1.165, 1.54) is 25.4 Å². The van der Waals surface area contributed by atoms with Crippen molar-refractivity contribution < 1.29 is 33.7 Å². The van der Waals surface area contributed by atoms with E-state index in [2.05, 4.69) is 49.4 Å². The molecule has 2 saturated heterocycles. The van der Waals surface area contributed by atoms with Crippen molar-refractivity contribution in [2.75, 3.05) is 20.8 Å². The molecule has 0 saturated carbocycles. The van der Waals surface area contributed by atoms with E-state index in [0.717, 1.165) is 34.0 Å². The Kier molecular flexibility index (Phi) is 8.32. The molecule has 1 N–H and O–H groups in total. The standard InChI is InChI=1S/C28H34INO7/c1-6-15(9-16-10-20(29)25(31)22(11-16)35-4)7-8-21-23-17(14(2)3)12-18-24(19(23)13-37-21)27(33)30(26(18)32)28(34)36-5/h9-11,14,18-19,21,24,31H,6-8,12-13H2,1-5H3/b15-9+/t18-,19+,21-,24-/m1/s1. The molecule has 3 aliphatic rings. The first-order chi connectivity index (χ1) is 17.6. The van der Waals surface area contributed by atoms with Crippen molar-refractivity contribution in [2.45, 2.75) is 52.6 Å². The van der Waals surface area contributed by atoms with Gasteiger partial charge in [-0.15, -0.1) is 0 Å². The number of hydrogen-bond acceptors (Lipinski definition) is 7. The number of allylic oxidation sites excluding steroid dienone is 2. The number of nitrogens with zero attached hydrogens (tertiary/aromatic N) is 1. The van der Waals surface area contributed by atoms with Gasteiger partial charge < -0.3 is 19.3 Å². The fourth-order valence-corrected chi connectivity index (χ4v) is 6.59. The minimum atomic E-state index is -0.911. The highest BCUT2D eigenvalue weighted by Crippen LogP contribution is 2.51. The smallest absolute Gasteiger partial charge is 0.423 e. The molecule has 4 atom stereocenters. The predicted octanol–water partition coefficient (Wildman–Crippen LogP) is 5.32. The number of imide groups is 3. The largest absolute Gasteiger partial charge is 0.504 e. The van der Waals surface area contributed by atoms with E-state index in [9.17, 15) is 19.5 Å². The Morgan fingerprint density at radius 1 is 1.24 bits per heavy atom. The van der Waals surface area contributed by atoms with Crippen LogP contribution in [-0.2, 0) is 19.1 Å². The van der Waals surface area contributed by atoms with Crippen molar-refractivity contribution in [3.63, 3.8) is 0 Å². The van der Waals surface area contributed by atoms with Gasteiger partial charge in [-0.05, 0) is 77.5 Å². The maximum atomic E-state index is 13.2. The van der Waals surface area contributed by atoms with Crippen LogP contribution in [0.2, 0.25) is 0 Å². The molecule has 3 amide bonds. The molecule has 1 aromatic rings. The molecule has 0 radical (unpaired) electrons. The van der Waals surface area contributed by atoms with Gasteiger partial charge in [-0.3, -0.25) is 9.59 Å². The van der Waals surface area contributed by atoms with Gasteiger partial charge in [0.05, 0.1) is 42.3 Å². The molecule has 37 heavy (non-hydrogen) atoms. The van der Waals surface area contributed by atoms with Gasteiger partial charge in [0, 0.05) is 5.92 Å². The summed E-state index contributed by atoms with van der Waals surface area (Å²) in [5.41, 5.74) is 4.50. The van der Waals surface area contributed by atoms with Gasteiger partial charge >= 0.3 is 6.09 Å². The van der Waals surface area contributed by atoms with Crippen molar-refractivity contribution in [1.29, 1.82) is 0 Å². The number of amides is 3. The second kappa shape index (κ2) is 11.1. The molecule has 4 rings (SSSR count). The fourth-order valence-electron chi connectivity index (χ4n) is 5.97. The number of ether oxygens (including phenoxy) is 3. The number of phenolic OH excluding ortho intramolecular Hbond substituents is 1. The minimum absolute atomic E-state index is 0.136. The van der Waals surface area contributed by atoms with Gasteiger partial charge in [0.15, 0.2) is 11.5 Å². The van der Waals surface area contributed by atoms with Crippen molar-refractivity contribution in [1.82, 2.24) is 4.90 Å². The Labute approximate surface area is 231 Å². The van der Waals surface area contributed by atoms with Crippen LogP contribution in [0.4, 0.5) is 4.79 Å². The number of carbonyl (C=O) groups is 3. The normalized spacial score (nSPS) is 25.6. The van der Waals surface area contributed by atoms with Crippen LogP contribution < -0.4 is 4.74 Å². The van der Waals surface area contributed by atoms with Crippen molar-refractivity contribution in [2.24, 2.45) is 23.7 Å². The van der Waals surface area contributed by atoms with Crippen LogP contribution in [0.15, 0.2) is 28.9 Å². The van der Waals surface area contributed by atoms with Crippen LogP contribution in [0.1, 0.15) is 52.0 Å². The van der Waals surface area contributed by atoms with Gasteiger partial charge in [-0.1, -0.05) is 38.0 Å². The number of carbonyl (C=O) groups excluding carboxylic acids is 3. The highest BCUT2D eigenvalue weighted by Gasteiger charge is 2.59. The number of aromatic hydroxyl groups is 1. The molecule has 0 bridgehead atoms. The Balaban J connectivity index is 1.58. The molecule has 0 spiro atoms. The Morgan fingerprint density at radius 3 is 2.59 bits per heavy atom. The van der Waals surface area contributed by atoms with E-state index >= 15 is 0 Å². The van der Waals surface area contributed by atoms with Crippen LogP contribution in [0.25, 0.3) is 6.08 Å². The van der Waals surface area contributed by atoms with Crippen molar-refractivity contribution in [3.05, 3.63) is 38.0 Å². The number of rotatable bonds is 7. The fraction of sp³-hybridized carbons (Fsp3) is 0.536. The van der Waals surface area contributed by atoms with E-state index in [4.69, 9.17) is 14.2 Å². The molecular formula is C28H34INO7. The molecule has 8 nitrogen and oxygen atoms in total. The number of hydrogen-bond donors (Lipinski definition) is 1. The average molecular weight is 623 g/mol. The lowest BCUT2D eigenvalue weighted by Gasteiger charge is -2.33. The van der Waals surface area contributed by atoms with E-state index in [0.29, 0.717) is 23.7 Å². The lowest BCUT2D eigenvalue weighted by molar-refractivity contribution is -0.137. The van der Waals surface area contributed by atoms with Crippen LogP contribution in [0.5, 0.6) is 11.5 Å². The number of halogens is 1. The summed E-state index contributed by atoms with van der Waals surface area (Å²) in [4.78, 5) is 39.1. The summed E-state index contributed by atoms with van der Waals surface area (Å²) < 4.78 is 17.0. The van der Waals surface area contributed by atoms with Crippen LogP contribution in [0, 0.1) is 27.2 Å². The lowest BCUT2D eigenvalue weighted by Crippen LogP contribution is -2.38. The van der Waals surface area contributed by atoms with E-state index in [-0.39, 0.29) is 23.7 Å². The van der Waals surface area contributed by atoms with Crippen LogP contribution in [0.3, 0.4) is 0 Å². The summed E-state index contributed by atoms with van der Waals surface area (Å²) in [5, 5.41) is 10.2. The zero-order valence-electron chi connectivity index (χ0n) is 21.9. The Hall–Kier alpha value is -2.40. The molecule has 1 aliphatic carbocycles. The quantitative estimate of drug-likeness (QED) is 0.249. The molecule has 0 unspecified atom stereocenters. The van der Waals surface area contributed by atoms with Crippen LogP contribution >= 0.6 is 22.6 Å². The third-order valence-corrected chi connectivity index (χ3v) is 8.64. The number of methoxy groups -OCH3 is 2. The van der Waals surface area contributed by atoms with Crippen LogP contribution in [-0.4, -0.2) is 54.8 Å². The van der Waals surface area contributed by atoms with Gasteiger partial charge in [-0.2, -0.15) is 4.90 Å². The van der Waals surface area contributed by atoms with E-state index < -0.39 is 29.7 Å². The molecule has 0 aromatic heterocycles. The molecule has 2 aliphatic heterocycles. The number of phenols is 1. The third kappa shape index (κ3) is 5.04. The highest BCUT2D eigenvalue weighted by molar-refractivity contribution is 14.1. The van der Waals surface area contributed by atoms with Gasteiger partial charge in [0.2, 0.25) is 11.8 Å². The lowest BCUT2D eigenvalue weighted by atomic mass is 9.67. The zero-order chi connectivity index (χ0) is 27.0. The zero-order valence-corrected chi connectivity index (χ0v) is 24.0. The van der Waals surface area contributed by atoms with Gasteiger partial charge in [-0.25, -0.2) is 4.79 Å². The topological polar surface area (TPSA) is 102 Å². The molecule has 1 aromatic carbocycles. The first-order valence-electron chi connectivity index (χ1n) is 12.7. The summed E-state index contributed by atoms with van der Waals surface area (Å²) in [6.45, 7) is 6.68. The number of likely N-dealkylation sites (tertiary alicyclic amines) is 1. The summed E-state index contributed by atoms with van der Waals surface area (Å²) in [6.07, 6.45) is 3.96. The predicted molar refractivity (Wildman–Crippen MR) is 146 cm³/mol. The second-order valence-electron chi connectivity index (χ2n) is 10.1. The van der Waals surface area contributed by atoms with Crippen molar-refractivity contribution >= 4 is 46.6 Å². The maximum Gasteiger partial charge on any atom is 0.423 e. The summed E-state index contributed by atoms with van der Waals surface area (Å²) in [6, 6.07) is 3.75. The highest BCUT2D eigenvalue weighted by atomic mass is 127. The summed E-state index contributed by atoms with van der Waals surface area (Å²) in [7, 11) is 2.71. The molecule has 2 heterocycles. The van der Waals surface area contributed by atoms with E-state index in [1.807, 2.05) is 12.1 Å². The first kappa shape index (κ1) is 27.6. The Morgan fingerprint density at radius 2 is 1.97 bits per heavy atom. The molecule has 9 heteroatoms. The Bertz CT molecular complexity index is 1170. The first-order valence-corrected chi connectivity index (χ1v) is 13.8. The maximum absolute atomic E-state index is 13.2. The molecule has 200 valence electrons. The summed E-state index contributed by atoms with van der Waals surface area (Å²) in [5.74, 6) is -1.48. The molecular weight excluding hydrogens is 589 g/mol. The minimum Gasteiger partial charge on any atom is -0.504 e. The van der Waals surface area contributed by atoms with Gasteiger partial charge in [0.25, 0.3) is 0 Å². The van der Waals surface area contributed by atoms with Gasteiger partial charge in [0.1, 0.15) is 0 Å². The summed E-state index contributed by atoms with van der Waals surface area (Å²) >= 11 is 2.09. The van der Waals surface area contributed by atoms with E-state index in [1.54, 1.807) is 0 Å². The average Bonchev–Trinajstić information content (AvgIpc) is 3.40. The molecule has 2 fully saturated rings. The SMILES string of the molecule is CC/C(=C\c1cc(I)c(O)c(OC)c1)CC[C@H]1OC[C@H]2C1=C(C(C)C)C[C@H]1C(=O)N(C(=O)OC)C(=O)[C@H]12.